The topological polar surface area (TPSA) is 75.8 Å². The Morgan fingerprint density at radius 2 is 2.05 bits per heavy atom. The molecule has 3 N–H and O–H groups in total. The standard InChI is InChI=1S/C14H21BrN2O3/c1-3-17(4-2)9-10-7-11(13(16)12(15)8-10)14(19)20-6-5-18/h7-8,18H,3-6,9,16H2,1-2H3. The van der Waals surface area contributed by atoms with Gasteiger partial charge in [0.05, 0.1) is 17.9 Å². The number of hydrogen-bond donors (Lipinski definition) is 2. The number of rotatable bonds is 7. The number of hydrogen-bond acceptors (Lipinski definition) is 5. The predicted octanol–water partition coefficient (Wildman–Crippen LogP) is 2.02. The molecule has 1 rings (SSSR count). The zero-order valence-corrected chi connectivity index (χ0v) is 13.4. The molecule has 112 valence electrons. The molecular formula is C14H21BrN2O3. The van der Waals surface area contributed by atoms with Gasteiger partial charge in [-0.1, -0.05) is 13.8 Å². The lowest BCUT2D eigenvalue weighted by atomic mass is 10.1. The van der Waals surface area contributed by atoms with Gasteiger partial charge in [0, 0.05) is 11.0 Å². The van der Waals surface area contributed by atoms with E-state index in [1.165, 1.54) is 0 Å². The summed E-state index contributed by atoms with van der Waals surface area (Å²) in [6.45, 7) is 6.55. The molecule has 1 aromatic carbocycles. The van der Waals surface area contributed by atoms with Crippen LogP contribution in [0, 0.1) is 0 Å². The first-order valence-electron chi connectivity index (χ1n) is 6.61. The van der Waals surface area contributed by atoms with Gasteiger partial charge in [0.1, 0.15) is 6.61 Å². The molecule has 0 heterocycles. The molecule has 0 saturated carbocycles. The molecular weight excluding hydrogens is 324 g/mol. The number of carbonyl (C=O) groups is 1. The number of benzene rings is 1. The highest BCUT2D eigenvalue weighted by Gasteiger charge is 2.16. The van der Waals surface area contributed by atoms with E-state index >= 15 is 0 Å². The number of carbonyl (C=O) groups excluding carboxylic acids is 1. The highest BCUT2D eigenvalue weighted by molar-refractivity contribution is 9.10. The van der Waals surface area contributed by atoms with Gasteiger partial charge in [0.25, 0.3) is 0 Å². The number of nitrogens with zero attached hydrogens (tertiary/aromatic N) is 1. The minimum atomic E-state index is -0.515. The third-order valence-electron chi connectivity index (χ3n) is 3.03. The van der Waals surface area contributed by atoms with E-state index in [0.717, 1.165) is 25.2 Å². The van der Waals surface area contributed by atoms with Crippen LogP contribution in [0.5, 0.6) is 0 Å². The number of nitrogen functional groups attached to an aromatic ring is 1. The summed E-state index contributed by atoms with van der Waals surface area (Å²) in [6, 6.07) is 3.66. The van der Waals surface area contributed by atoms with Crippen LogP contribution >= 0.6 is 15.9 Å². The summed E-state index contributed by atoms with van der Waals surface area (Å²) in [5.74, 6) is -0.515. The quantitative estimate of drug-likeness (QED) is 0.584. The lowest BCUT2D eigenvalue weighted by molar-refractivity contribution is 0.0434. The van der Waals surface area contributed by atoms with Crippen LogP contribution in [0.3, 0.4) is 0 Å². The first-order chi connectivity index (χ1) is 9.53. The van der Waals surface area contributed by atoms with Crippen molar-refractivity contribution in [3.05, 3.63) is 27.7 Å². The van der Waals surface area contributed by atoms with Crippen LogP contribution in [-0.4, -0.2) is 42.3 Å². The Bertz CT molecular complexity index is 462. The van der Waals surface area contributed by atoms with Gasteiger partial charge in [-0.3, -0.25) is 4.90 Å². The van der Waals surface area contributed by atoms with Crippen molar-refractivity contribution >= 4 is 27.6 Å². The van der Waals surface area contributed by atoms with E-state index in [0.29, 0.717) is 15.7 Å². The van der Waals surface area contributed by atoms with E-state index in [1.807, 2.05) is 6.07 Å². The predicted molar refractivity (Wildman–Crippen MR) is 82.5 cm³/mol. The Labute approximate surface area is 127 Å². The summed E-state index contributed by atoms with van der Waals surface area (Å²) in [5.41, 5.74) is 7.57. The molecule has 0 aromatic heterocycles. The van der Waals surface area contributed by atoms with Gasteiger partial charge < -0.3 is 15.6 Å². The molecule has 0 spiro atoms. The largest absolute Gasteiger partial charge is 0.460 e. The van der Waals surface area contributed by atoms with Gasteiger partial charge in [0.2, 0.25) is 0 Å². The monoisotopic (exact) mass is 344 g/mol. The molecule has 1 aromatic rings. The highest BCUT2D eigenvalue weighted by Crippen LogP contribution is 2.27. The molecule has 0 bridgehead atoms. The summed E-state index contributed by atoms with van der Waals surface area (Å²) < 4.78 is 5.60. The highest BCUT2D eigenvalue weighted by atomic mass is 79.9. The fraction of sp³-hybridized carbons (Fsp3) is 0.500. The molecule has 0 unspecified atom stereocenters. The second kappa shape index (κ2) is 8.24. The molecule has 0 fully saturated rings. The molecule has 5 nitrogen and oxygen atoms in total. The minimum Gasteiger partial charge on any atom is -0.460 e. The number of ether oxygens (including phenoxy) is 1. The SMILES string of the molecule is CCN(CC)Cc1cc(Br)c(N)c(C(=O)OCCO)c1. The summed E-state index contributed by atoms with van der Waals surface area (Å²) in [4.78, 5) is 14.1. The maximum absolute atomic E-state index is 11.9. The molecule has 20 heavy (non-hydrogen) atoms. The van der Waals surface area contributed by atoms with Crippen molar-refractivity contribution in [1.29, 1.82) is 0 Å². The zero-order chi connectivity index (χ0) is 15.1. The third kappa shape index (κ3) is 4.47. The van der Waals surface area contributed by atoms with Crippen LogP contribution in [0.4, 0.5) is 5.69 Å². The van der Waals surface area contributed by atoms with E-state index in [9.17, 15) is 4.79 Å². The number of aliphatic hydroxyl groups is 1. The van der Waals surface area contributed by atoms with Crippen LogP contribution in [0.25, 0.3) is 0 Å². The second-order valence-corrected chi connectivity index (χ2v) is 5.21. The van der Waals surface area contributed by atoms with Gasteiger partial charge in [-0.15, -0.1) is 0 Å². The van der Waals surface area contributed by atoms with Gasteiger partial charge in [0.15, 0.2) is 0 Å². The molecule has 0 aliphatic carbocycles. The number of anilines is 1. The Hall–Kier alpha value is -1.11. The van der Waals surface area contributed by atoms with E-state index in [-0.39, 0.29) is 13.2 Å². The summed E-state index contributed by atoms with van der Waals surface area (Å²) in [5, 5.41) is 8.70. The van der Waals surface area contributed by atoms with Gasteiger partial charge in [-0.2, -0.15) is 0 Å². The number of nitrogens with two attached hydrogens (primary N) is 1. The Morgan fingerprint density at radius 3 is 2.60 bits per heavy atom. The van der Waals surface area contributed by atoms with Crippen LogP contribution in [0.15, 0.2) is 16.6 Å². The van der Waals surface area contributed by atoms with Gasteiger partial charge in [-0.05, 0) is 46.7 Å². The Kier molecular flexibility index (Phi) is 6.98. The van der Waals surface area contributed by atoms with E-state index in [2.05, 4.69) is 34.7 Å². The molecule has 6 heteroatoms. The van der Waals surface area contributed by atoms with E-state index in [4.69, 9.17) is 15.6 Å². The molecule has 0 aliphatic rings. The van der Waals surface area contributed by atoms with Gasteiger partial charge >= 0.3 is 5.97 Å². The van der Waals surface area contributed by atoms with Crippen molar-refractivity contribution in [3.8, 4) is 0 Å². The molecule has 0 amide bonds. The van der Waals surface area contributed by atoms with E-state index < -0.39 is 5.97 Å². The van der Waals surface area contributed by atoms with Crippen molar-refractivity contribution in [3.63, 3.8) is 0 Å². The fourth-order valence-electron chi connectivity index (χ4n) is 1.86. The minimum absolute atomic E-state index is 0.0316. The van der Waals surface area contributed by atoms with E-state index in [1.54, 1.807) is 6.07 Å². The summed E-state index contributed by atoms with van der Waals surface area (Å²) in [7, 11) is 0. The van der Waals surface area contributed by atoms with Crippen LogP contribution < -0.4 is 5.73 Å². The molecule has 0 saturated heterocycles. The Morgan fingerprint density at radius 1 is 1.40 bits per heavy atom. The maximum atomic E-state index is 11.9. The smallest absolute Gasteiger partial charge is 0.340 e. The van der Waals surface area contributed by atoms with Crippen LogP contribution in [-0.2, 0) is 11.3 Å². The molecule has 0 aliphatic heterocycles. The average Bonchev–Trinajstić information content (AvgIpc) is 2.45. The van der Waals surface area contributed by atoms with Crippen molar-refractivity contribution in [2.45, 2.75) is 20.4 Å². The molecule has 0 atom stereocenters. The zero-order valence-electron chi connectivity index (χ0n) is 11.9. The molecule has 0 radical (unpaired) electrons. The first kappa shape index (κ1) is 16.9. The van der Waals surface area contributed by atoms with Crippen molar-refractivity contribution in [1.82, 2.24) is 4.90 Å². The maximum Gasteiger partial charge on any atom is 0.340 e. The first-order valence-corrected chi connectivity index (χ1v) is 7.40. The Balaban J connectivity index is 2.99. The summed E-state index contributed by atoms with van der Waals surface area (Å²) >= 11 is 3.37. The fourth-order valence-corrected chi connectivity index (χ4v) is 2.36. The lowest BCUT2D eigenvalue weighted by Gasteiger charge is -2.19. The second-order valence-electron chi connectivity index (χ2n) is 4.36. The summed E-state index contributed by atoms with van der Waals surface area (Å²) in [6.07, 6.45) is 0. The normalized spacial score (nSPS) is 10.8. The van der Waals surface area contributed by atoms with Crippen molar-refractivity contribution < 1.29 is 14.6 Å². The van der Waals surface area contributed by atoms with Crippen molar-refractivity contribution in [2.75, 3.05) is 32.0 Å². The number of aliphatic hydroxyl groups excluding tert-OH is 1. The number of halogens is 1. The van der Waals surface area contributed by atoms with Crippen LogP contribution in [0.1, 0.15) is 29.8 Å². The van der Waals surface area contributed by atoms with Crippen LogP contribution in [0.2, 0.25) is 0 Å². The van der Waals surface area contributed by atoms with Gasteiger partial charge in [-0.25, -0.2) is 4.79 Å². The number of esters is 1. The third-order valence-corrected chi connectivity index (χ3v) is 3.69. The average molecular weight is 345 g/mol. The lowest BCUT2D eigenvalue weighted by Crippen LogP contribution is -2.22. The van der Waals surface area contributed by atoms with Crippen molar-refractivity contribution in [2.24, 2.45) is 0 Å².